The minimum Gasteiger partial charge on any atom is -0.309 e. The molecule has 1 aromatic rings. The van der Waals surface area contributed by atoms with Crippen molar-refractivity contribution in [2.45, 2.75) is 13.1 Å². The zero-order valence-corrected chi connectivity index (χ0v) is 8.56. The minimum absolute atomic E-state index is 0. The van der Waals surface area contributed by atoms with Crippen LogP contribution in [0.1, 0.15) is 11.3 Å². The molecule has 0 bridgehead atoms. The fourth-order valence-electron chi connectivity index (χ4n) is 1.55. The number of aromatic amines is 1. The van der Waals surface area contributed by atoms with E-state index in [1.807, 2.05) is 6.07 Å². The third-order valence-corrected chi connectivity index (χ3v) is 2.22. The van der Waals surface area contributed by atoms with E-state index in [2.05, 4.69) is 10.3 Å². The van der Waals surface area contributed by atoms with Crippen LogP contribution in [0.5, 0.6) is 0 Å². The van der Waals surface area contributed by atoms with Crippen LogP contribution in [0.3, 0.4) is 0 Å². The molecule has 0 spiro atoms. The molecule has 15 heavy (non-hydrogen) atoms. The maximum absolute atomic E-state index is 11.3. The summed E-state index contributed by atoms with van der Waals surface area (Å²) in [7, 11) is 0. The summed E-state index contributed by atoms with van der Waals surface area (Å²) in [5.74, 6) is 0. The zero-order valence-electron chi connectivity index (χ0n) is 7.74. The number of nitrogens with one attached hydrogen (secondary N) is 2. The van der Waals surface area contributed by atoms with Crippen LogP contribution in [0, 0.1) is 11.3 Å². The van der Waals surface area contributed by atoms with E-state index in [4.69, 9.17) is 5.26 Å². The quantitative estimate of drug-likeness (QED) is 0.592. The SMILES string of the molecule is Cl.N#Cc1c2n(c(=O)[nH]c1=O)CCNC2. The summed E-state index contributed by atoms with van der Waals surface area (Å²) >= 11 is 0. The number of hydrogen-bond acceptors (Lipinski definition) is 4. The topological polar surface area (TPSA) is 90.7 Å². The molecule has 6 nitrogen and oxygen atoms in total. The van der Waals surface area contributed by atoms with Crippen molar-refractivity contribution in [1.29, 1.82) is 5.26 Å². The highest BCUT2D eigenvalue weighted by Gasteiger charge is 2.16. The van der Waals surface area contributed by atoms with Crippen molar-refractivity contribution >= 4 is 12.4 Å². The standard InChI is InChI=1S/C8H8N4O2.ClH/c9-3-5-6-4-10-1-2-12(6)8(14)11-7(5)13;/h10H,1-2,4H2,(H,11,13,14);1H. The molecule has 2 N–H and O–H groups in total. The number of hydrogen-bond donors (Lipinski definition) is 2. The minimum atomic E-state index is -0.604. The summed E-state index contributed by atoms with van der Waals surface area (Å²) in [4.78, 5) is 24.7. The van der Waals surface area contributed by atoms with Crippen molar-refractivity contribution in [3.8, 4) is 6.07 Å². The number of H-pyrrole nitrogens is 1. The van der Waals surface area contributed by atoms with Crippen LogP contribution in [-0.4, -0.2) is 16.1 Å². The van der Waals surface area contributed by atoms with E-state index in [-0.39, 0.29) is 18.0 Å². The van der Waals surface area contributed by atoms with Gasteiger partial charge in [-0.1, -0.05) is 0 Å². The average molecular weight is 229 g/mol. The lowest BCUT2D eigenvalue weighted by Gasteiger charge is -2.18. The molecule has 0 fully saturated rings. The smallest absolute Gasteiger partial charge is 0.309 e. The third-order valence-electron chi connectivity index (χ3n) is 2.22. The Morgan fingerprint density at radius 3 is 2.80 bits per heavy atom. The zero-order chi connectivity index (χ0) is 10.1. The first kappa shape index (κ1) is 11.5. The Bertz CT molecular complexity index is 525. The fraction of sp³-hybridized carbons (Fsp3) is 0.375. The van der Waals surface area contributed by atoms with Crippen molar-refractivity contribution < 1.29 is 0 Å². The van der Waals surface area contributed by atoms with Crippen LogP contribution < -0.4 is 16.6 Å². The highest BCUT2D eigenvalue weighted by Crippen LogP contribution is 2.03. The van der Waals surface area contributed by atoms with E-state index in [1.54, 1.807) is 0 Å². The molecule has 0 atom stereocenters. The van der Waals surface area contributed by atoms with Gasteiger partial charge in [0.15, 0.2) is 0 Å². The average Bonchev–Trinajstić information content (AvgIpc) is 2.18. The molecule has 2 heterocycles. The second kappa shape index (κ2) is 4.29. The summed E-state index contributed by atoms with van der Waals surface area (Å²) in [5, 5.41) is 11.8. The van der Waals surface area contributed by atoms with Gasteiger partial charge in [0.25, 0.3) is 5.56 Å². The molecule has 1 aliphatic heterocycles. The first-order chi connectivity index (χ1) is 6.74. The van der Waals surface area contributed by atoms with Crippen LogP contribution in [0.4, 0.5) is 0 Å². The Hall–Kier alpha value is -1.58. The molecule has 0 amide bonds. The summed E-state index contributed by atoms with van der Waals surface area (Å²) in [6.45, 7) is 1.55. The van der Waals surface area contributed by atoms with Crippen LogP contribution in [-0.2, 0) is 13.1 Å². The first-order valence-corrected chi connectivity index (χ1v) is 4.21. The van der Waals surface area contributed by atoms with Gasteiger partial charge in [-0.25, -0.2) is 4.79 Å². The highest BCUT2D eigenvalue weighted by molar-refractivity contribution is 5.85. The number of aromatic nitrogens is 2. The maximum atomic E-state index is 11.3. The number of nitrogens with zero attached hydrogens (tertiary/aromatic N) is 2. The normalized spacial score (nSPS) is 13.5. The summed E-state index contributed by atoms with van der Waals surface area (Å²) < 4.78 is 1.43. The van der Waals surface area contributed by atoms with Gasteiger partial charge >= 0.3 is 5.69 Å². The van der Waals surface area contributed by atoms with Gasteiger partial charge in [-0.3, -0.25) is 14.3 Å². The van der Waals surface area contributed by atoms with E-state index < -0.39 is 11.2 Å². The number of fused-ring (bicyclic) bond motifs is 1. The maximum Gasteiger partial charge on any atom is 0.328 e. The third kappa shape index (κ3) is 1.79. The summed E-state index contributed by atoms with van der Waals surface area (Å²) in [5.41, 5.74) is -0.540. The lowest BCUT2D eigenvalue weighted by atomic mass is 10.2. The molecule has 0 unspecified atom stereocenters. The molecule has 2 rings (SSSR count). The molecule has 0 radical (unpaired) electrons. The molecule has 80 valence electrons. The highest BCUT2D eigenvalue weighted by atomic mass is 35.5. The Kier molecular flexibility index (Phi) is 3.29. The Morgan fingerprint density at radius 1 is 1.40 bits per heavy atom. The van der Waals surface area contributed by atoms with Gasteiger partial charge in [-0.15, -0.1) is 12.4 Å². The molecular weight excluding hydrogens is 220 g/mol. The van der Waals surface area contributed by atoms with E-state index in [0.29, 0.717) is 25.3 Å². The van der Waals surface area contributed by atoms with Gasteiger partial charge in [0.1, 0.15) is 11.6 Å². The van der Waals surface area contributed by atoms with Crippen LogP contribution >= 0.6 is 12.4 Å². The summed E-state index contributed by atoms with van der Waals surface area (Å²) in [6.07, 6.45) is 0. The molecule has 7 heteroatoms. The first-order valence-electron chi connectivity index (χ1n) is 4.21. The van der Waals surface area contributed by atoms with Crippen LogP contribution in [0.2, 0.25) is 0 Å². The molecule has 1 aromatic heterocycles. The second-order valence-electron chi connectivity index (χ2n) is 3.02. The van der Waals surface area contributed by atoms with E-state index in [1.165, 1.54) is 4.57 Å². The predicted octanol–water partition coefficient (Wildman–Crippen LogP) is -1.07. The fourth-order valence-corrected chi connectivity index (χ4v) is 1.55. The largest absolute Gasteiger partial charge is 0.328 e. The Morgan fingerprint density at radius 2 is 2.13 bits per heavy atom. The number of rotatable bonds is 0. The van der Waals surface area contributed by atoms with Gasteiger partial charge in [-0.2, -0.15) is 5.26 Å². The van der Waals surface area contributed by atoms with Crippen molar-refractivity contribution in [2.24, 2.45) is 0 Å². The van der Waals surface area contributed by atoms with E-state index >= 15 is 0 Å². The van der Waals surface area contributed by atoms with Crippen molar-refractivity contribution in [3.05, 3.63) is 32.1 Å². The van der Waals surface area contributed by atoms with Crippen molar-refractivity contribution in [3.63, 3.8) is 0 Å². The molecule has 0 aromatic carbocycles. The van der Waals surface area contributed by atoms with Gasteiger partial charge in [0.2, 0.25) is 0 Å². The molecule has 1 aliphatic rings. The van der Waals surface area contributed by atoms with Crippen LogP contribution in [0.25, 0.3) is 0 Å². The van der Waals surface area contributed by atoms with Gasteiger partial charge in [0.05, 0.1) is 5.69 Å². The molecule has 0 saturated carbocycles. The lowest BCUT2D eigenvalue weighted by Crippen LogP contribution is -2.42. The second-order valence-corrected chi connectivity index (χ2v) is 3.02. The lowest BCUT2D eigenvalue weighted by molar-refractivity contribution is 0.486. The Labute approximate surface area is 91.0 Å². The number of nitriles is 1. The van der Waals surface area contributed by atoms with E-state index in [9.17, 15) is 9.59 Å². The Balaban J connectivity index is 0.00000112. The van der Waals surface area contributed by atoms with Crippen molar-refractivity contribution in [2.75, 3.05) is 6.54 Å². The monoisotopic (exact) mass is 228 g/mol. The van der Waals surface area contributed by atoms with Gasteiger partial charge in [-0.05, 0) is 0 Å². The van der Waals surface area contributed by atoms with Gasteiger partial charge in [0, 0.05) is 19.6 Å². The van der Waals surface area contributed by atoms with Crippen LogP contribution in [0.15, 0.2) is 9.59 Å². The van der Waals surface area contributed by atoms with Crippen molar-refractivity contribution in [1.82, 2.24) is 14.9 Å². The predicted molar refractivity (Wildman–Crippen MR) is 55.0 cm³/mol. The van der Waals surface area contributed by atoms with Gasteiger partial charge < -0.3 is 5.32 Å². The summed E-state index contributed by atoms with van der Waals surface area (Å²) in [6, 6.07) is 1.81. The molecule has 0 saturated heterocycles. The van der Waals surface area contributed by atoms with E-state index in [0.717, 1.165) is 0 Å². The molecule has 0 aliphatic carbocycles. The molecular formula is C8H9ClN4O2. The number of halogens is 1.